The molecular formula is C16H18ClNO2. The summed E-state index contributed by atoms with van der Waals surface area (Å²) >= 11 is 5.89. The highest BCUT2D eigenvalue weighted by Crippen LogP contribution is 2.28. The van der Waals surface area contributed by atoms with Crippen molar-refractivity contribution < 1.29 is 9.47 Å². The molecule has 0 aromatic heterocycles. The maximum absolute atomic E-state index is 5.89. The van der Waals surface area contributed by atoms with Crippen LogP contribution in [0.15, 0.2) is 42.5 Å². The van der Waals surface area contributed by atoms with Gasteiger partial charge in [0.05, 0.1) is 17.3 Å². The summed E-state index contributed by atoms with van der Waals surface area (Å²) in [6.45, 7) is 3.17. The number of ether oxygens (including phenoxy) is 2. The van der Waals surface area contributed by atoms with Gasteiger partial charge >= 0.3 is 0 Å². The minimum Gasteiger partial charge on any atom is -0.490 e. The summed E-state index contributed by atoms with van der Waals surface area (Å²) in [4.78, 5) is 0. The first-order valence-corrected chi connectivity index (χ1v) is 6.97. The normalized spacial score (nSPS) is 10.3. The molecule has 0 aliphatic carbocycles. The van der Waals surface area contributed by atoms with Gasteiger partial charge in [0.25, 0.3) is 0 Å². The number of nitrogen functional groups attached to an aromatic ring is 1. The van der Waals surface area contributed by atoms with E-state index in [9.17, 15) is 0 Å². The predicted octanol–water partition coefficient (Wildman–Crippen LogP) is 4.29. The van der Waals surface area contributed by atoms with Crippen molar-refractivity contribution in [3.05, 3.63) is 53.1 Å². The highest BCUT2D eigenvalue weighted by molar-refractivity contribution is 6.33. The van der Waals surface area contributed by atoms with E-state index in [0.717, 1.165) is 23.5 Å². The Labute approximate surface area is 124 Å². The lowest BCUT2D eigenvalue weighted by atomic mass is 10.2. The fourth-order valence-electron chi connectivity index (χ4n) is 1.74. The van der Waals surface area contributed by atoms with Gasteiger partial charge in [-0.1, -0.05) is 36.7 Å². The van der Waals surface area contributed by atoms with Gasteiger partial charge in [0, 0.05) is 0 Å². The zero-order valence-electron chi connectivity index (χ0n) is 11.4. The number of para-hydroxylation sites is 2. The van der Waals surface area contributed by atoms with Crippen LogP contribution in [0.25, 0.3) is 0 Å². The second kappa shape index (κ2) is 7.06. The minimum atomic E-state index is 0.424. The quantitative estimate of drug-likeness (QED) is 0.808. The summed E-state index contributed by atoms with van der Waals surface area (Å²) in [5.41, 5.74) is 7.30. The third-order valence-electron chi connectivity index (χ3n) is 2.77. The van der Waals surface area contributed by atoms with Crippen LogP contribution in [0, 0.1) is 0 Å². The summed E-state index contributed by atoms with van der Waals surface area (Å²) in [6.07, 6.45) is 0.960. The minimum absolute atomic E-state index is 0.424. The molecule has 0 amide bonds. The van der Waals surface area contributed by atoms with E-state index in [4.69, 9.17) is 26.8 Å². The van der Waals surface area contributed by atoms with Gasteiger partial charge in [-0.25, -0.2) is 0 Å². The Morgan fingerprint density at radius 1 is 1.05 bits per heavy atom. The van der Waals surface area contributed by atoms with E-state index < -0.39 is 0 Å². The van der Waals surface area contributed by atoms with Crippen molar-refractivity contribution in [2.24, 2.45) is 0 Å². The van der Waals surface area contributed by atoms with Crippen molar-refractivity contribution in [2.75, 3.05) is 12.3 Å². The number of anilines is 1. The molecule has 0 fully saturated rings. The number of nitrogens with two attached hydrogens (primary N) is 1. The molecule has 20 heavy (non-hydrogen) atoms. The fourth-order valence-corrected chi connectivity index (χ4v) is 1.86. The zero-order chi connectivity index (χ0) is 14.4. The molecule has 4 heteroatoms. The number of rotatable bonds is 6. The Kier molecular flexibility index (Phi) is 5.13. The largest absolute Gasteiger partial charge is 0.490 e. The molecule has 0 unspecified atom stereocenters. The molecule has 2 aromatic rings. The molecule has 3 nitrogen and oxygen atoms in total. The van der Waals surface area contributed by atoms with E-state index in [-0.39, 0.29) is 0 Å². The summed E-state index contributed by atoms with van der Waals surface area (Å²) in [5, 5.41) is 0.556. The van der Waals surface area contributed by atoms with E-state index in [1.165, 1.54) is 0 Å². The van der Waals surface area contributed by atoms with Gasteiger partial charge < -0.3 is 15.2 Å². The summed E-state index contributed by atoms with van der Waals surface area (Å²) in [6, 6.07) is 13.1. The van der Waals surface area contributed by atoms with Gasteiger partial charge in [-0.15, -0.1) is 0 Å². The van der Waals surface area contributed by atoms with Gasteiger partial charge in [-0.2, -0.15) is 0 Å². The Bertz CT molecular complexity index is 572. The van der Waals surface area contributed by atoms with E-state index >= 15 is 0 Å². The first kappa shape index (κ1) is 14.5. The molecule has 0 saturated heterocycles. The molecule has 2 rings (SSSR count). The molecule has 0 heterocycles. The lowest BCUT2D eigenvalue weighted by molar-refractivity contribution is 0.262. The van der Waals surface area contributed by atoms with Crippen LogP contribution in [0.1, 0.15) is 18.9 Å². The highest BCUT2D eigenvalue weighted by Gasteiger charge is 2.05. The first-order chi connectivity index (χ1) is 9.70. The van der Waals surface area contributed by atoms with Gasteiger partial charge in [-0.05, 0) is 36.2 Å². The van der Waals surface area contributed by atoms with E-state index in [0.29, 0.717) is 23.9 Å². The molecule has 0 radical (unpaired) electrons. The third kappa shape index (κ3) is 3.81. The molecular weight excluding hydrogens is 274 g/mol. The highest BCUT2D eigenvalue weighted by atomic mass is 35.5. The van der Waals surface area contributed by atoms with E-state index in [1.54, 1.807) is 6.07 Å². The molecule has 0 atom stereocenters. The molecule has 0 aliphatic rings. The van der Waals surface area contributed by atoms with Crippen LogP contribution in [0.2, 0.25) is 5.02 Å². The van der Waals surface area contributed by atoms with E-state index in [2.05, 4.69) is 6.92 Å². The smallest absolute Gasteiger partial charge is 0.161 e. The van der Waals surface area contributed by atoms with Crippen molar-refractivity contribution in [1.82, 2.24) is 0 Å². The lowest BCUT2D eigenvalue weighted by Crippen LogP contribution is -2.01. The maximum atomic E-state index is 5.89. The Morgan fingerprint density at radius 2 is 1.75 bits per heavy atom. The average molecular weight is 292 g/mol. The standard InChI is InChI=1S/C16H18ClNO2/c1-2-9-19-15-5-3-4-6-16(15)20-11-12-7-8-13(17)14(18)10-12/h3-8,10H,2,9,11,18H2,1H3. The van der Waals surface area contributed by atoms with E-state index in [1.807, 2.05) is 36.4 Å². The third-order valence-corrected chi connectivity index (χ3v) is 3.11. The van der Waals surface area contributed by atoms with Crippen LogP contribution < -0.4 is 15.2 Å². The predicted molar refractivity (Wildman–Crippen MR) is 82.4 cm³/mol. The number of benzene rings is 2. The summed E-state index contributed by atoms with van der Waals surface area (Å²) in [5.74, 6) is 1.49. The lowest BCUT2D eigenvalue weighted by Gasteiger charge is -2.12. The Balaban J connectivity index is 2.04. The average Bonchev–Trinajstić information content (AvgIpc) is 2.47. The Hall–Kier alpha value is -1.87. The molecule has 0 saturated carbocycles. The van der Waals surface area contributed by atoms with Gasteiger partial charge in [0.15, 0.2) is 11.5 Å². The summed E-state index contributed by atoms with van der Waals surface area (Å²) in [7, 11) is 0. The number of halogens is 1. The van der Waals surface area contributed by atoms with Crippen LogP contribution in [0.4, 0.5) is 5.69 Å². The van der Waals surface area contributed by atoms with Gasteiger partial charge in [0.2, 0.25) is 0 Å². The molecule has 0 spiro atoms. The van der Waals surface area contributed by atoms with Crippen molar-refractivity contribution in [2.45, 2.75) is 20.0 Å². The zero-order valence-corrected chi connectivity index (χ0v) is 12.2. The van der Waals surface area contributed by atoms with Crippen LogP contribution >= 0.6 is 11.6 Å². The van der Waals surface area contributed by atoms with Crippen molar-refractivity contribution in [1.29, 1.82) is 0 Å². The van der Waals surface area contributed by atoms with Gasteiger partial charge in [0.1, 0.15) is 6.61 Å². The number of hydrogen-bond donors (Lipinski definition) is 1. The topological polar surface area (TPSA) is 44.5 Å². The Morgan fingerprint density at radius 3 is 2.40 bits per heavy atom. The van der Waals surface area contributed by atoms with Crippen molar-refractivity contribution >= 4 is 17.3 Å². The van der Waals surface area contributed by atoms with Gasteiger partial charge in [-0.3, -0.25) is 0 Å². The van der Waals surface area contributed by atoms with Crippen LogP contribution in [0.3, 0.4) is 0 Å². The molecule has 106 valence electrons. The molecule has 2 aromatic carbocycles. The van der Waals surface area contributed by atoms with Crippen LogP contribution in [-0.2, 0) is 6.61 Å². The number of hydrogen-bond acceptors (Lipinski definition) is 3. The fraction of sp³-hybridized carbons (Fsp3) is 0.250. The molecule has 2 N–H and O–H groups in total. The summed E-state index contributed by atoms with van der Waals surface area (Å²) < 4.78 is 11.4. The maximum Gasteiger partial charge on any atom is 0.161 e. The van der Waals surface area contributed by atoms with Crippen LogP contribution in [0.5, 0.6) is 11.5 Å². The van der Waals surface area contributed by atoms with Crippen molar-refractivity contribution in [3.8, 4) is 11.5 Å². The second-order valence-corrected chi connectivity index (χ2v) is 4.85. The monoisotopic (exact) mass is 291 g/mol. The first-order valence-electron chi connectivity index (χ1n) is 6.59. The molecule has 0 bridgehead atoms. The molecule has 0 aliphatic heterocycles. The van der Waals surface area contributed by atoms with Crippen LogP contribution in [-0.4, -0.2) is 6.61 Å². The SMILES string of the molecule is CCCOc1ccccc1OCc1ccc(Cl)c(N)c1. The second-order valence-electron chi connectivity index (χ2n) is 4.44. The van der Waals surface area contributed by atoms with Crippen molar-refractivity contribution in [3.63, 3.8) is 0 Å².